The highest BCUT2D eigenvalue weighted by molar-refractivity contribution is 6.04. The zero-order valence-electron chi connectivity index (χ0n) is 12.5. The highest BCUT2D eigenvalue weighted by Gasteiger charge is 2.06. The molecule has 0 saturated carbocycles. The number of anilines is 1. The molecule has 1 heterocycles. The van der Waals surface area contributed by atoms with Crippen LogP contribution in [-0.2, 0) is 6.61 Å². The Morgan fingerprint density at radius 2 is 1.74 bits per heavy atom. The quantitative estimate of drug-likeness (QED) is 0.777. The van der Waals surface area contributed by atoms with E-state index in [1.807, 2.05) is 42.5 Å². The van der Waals surface area contributed by atoms with Crippen LogP contribution in [-0.4, -0.2) is 10.9 Å². The first-order valence-electron chi connectivity index (χ1n) is 7.29. The van der Waals surface area contributed by atoms with Gasteiger partial charge in [-0.05, 0) is 42.5 Å². The summed E-state index contributed by atoms with van der Waals surface area (Å²) in [6.45, 7) is 0.448. The number of carbonyl (C=O) groups excluding carboxylic acids is 1. The third-order valence-electron chi connectivity index (χ3n) is 3.28. The SMILES string of the molecule is O=C(Nc1ccccc1)c1ccc(OCc2cccnc2)cc1. The van der Waals surface area contributed by atoms with E-state index in [0.29, 0.717) is 17.9 Å². The minimum Gasteiger partial charge on any atom is -0.489 e. The molecule has 114 valence electrons. The van der Waals surface area contributed by atoms with Crippen molar-refractivity contribution >= 4 is 11.6 Å². The number of nitrogens with one attached hydrogen (secondary N) is 1. The minimum absolute atomic E-state index is 0.144. The Balaban J connectivity index is 1.59. The lowest BCUT2D eigenvalue weighted by Gasteiger charge is -2.08. The molecule has 1 amide bonds. The van der Waals surface area contributed by atoms with Crippen molar-refractivity contribution in [2.45, 2.75) is 6.61 Å². The molecule has 4 heteroatoms. The second-order valence-electron chi connectivity index (χ2n) is 4.99. The molecule has 0 bridgehead atoms. The number of rotatable bonds is 5. The molecule has 0 unspecified atom stereocenters. The van der Waals surface area contributed by atoms with Gasteiger partial charge < -0.3 is 10.1 Å². The summed E-state index contributed by atoms with van der Waals surface area (Å²) in [6.07, 6.45) is 3.49. The normalized spacial score (nSPS) is 10.1. The van der Waals surface area contributed by atoms with Crippen LogP contribution in [0.1, 0.15) is 15.9 Å². The second-order valence-corrected chi connectivity index (χ2v) is 4.99. The van der Waals surface area contributed by atoms with Gasteiger partial charge >= 0.3 is 0 Å². The predicted molar refractivity (Wildman–Crippen MR) is 89.4 cm³/mol. The van der Waals surface area contributed by atoms with Gasteiger partial charge in [-0.3, -0.25) is 9.78 Å². The highest BCUT2D eigenvalue weighted by atomic mass is 16.5. The lowest BCUT2D eigenvalue weighted by atomic mass is 10.2. The molecule has 0 atom stereocenters. The van der Waals surface area contributed by atoms with Crippen molar-refractivity contribution in [3.63, 3.8) is 0 Å². The molecule has 3 aromatic rings. The summed E-state index contributed by atoms with van der Waals surface area (Å²) in [5.41, 5.74) is 2.36. The first-order chi connectivity index (χ1) is 11.3. The summed E-state index contributed by atoms with van der Waals surface area (Å²) in [6, 6.07) is 20.3. The first kappa shape index (κ1) is 14.8. The standard InChI is InChI=1S/C19H16N2O2/c22-19(21-17-6-2-1-3-7-17)16-8-10-18(11-9-16)23-14-15-5-4-12-20-13-15/h1-13H,14H2,(H,21,22). The summed E-state index contributed by atoms with van der Waals surface area (Å²) < 4.78 is 5.67. The summed E-state index contributed by atoms with van der Waals surface area (Å²) in [7, 11) is 0. The molecule has 0 fully saturated rings. The molecule has 2 aromatic carbocycles. The predicted octanol–water partition coefficient (Wildman–Crippen LogP) is 3.91. The number of carbonyl (C=O) groups is 1. The third-order valence-corrected chi connectivity index (χ3v) is 3.28. The lowest BCUT2D eigenvalue weighted by molar-refractivity contribution is 0.102. The van der Waals surface area contributed by atoms with Crippen LogP contribution in [0.2, 0.25) is 0 Å². The van der Waals surface area contributed by atoms with Crippen LogP contribution >= 0.6 is 0 Å². The van der Waals surface area contributed by atoms with Crippen LogP contribution in [0.3, 0.4) is 0 Å². The van der Waals surface area contributed by atoms with E-state index in [1.165, 1.54) is 0 Å². The lowest BCUT2D eigenvalue weighted by Crippen LogP contribution is -2.11. The fourth-order valence-corrected chi connectivity index (χ4v) is 2.08. The van der Waals surface area contributed by atoms with Crippen LogP contribution in [0.25, 0.3) is 0 Å². The van der Waals surface area contributed by atoms with Crippen LogP contribution in [0.4, 0.5) is 5.69 Å². The van der Waals surface area contributed by atoms with Crippen molar-refractivity contribution in [3.8, 4) is 5.75 Å². The van der Waals surface area contributed by atoms with E-state index in [0.717, 1.165) is 11.3 Å². The summed E-state index contributed by atoms with van der Waals surface area (Å²) in [5, 5.41) is 2.85. The first-order valence-corrected chi connectivity index (χ1v) is 7.29. The number of hydrogen-bond acceptors (Lipinski definition) is 3. The molecule has 1 aromatic heterocycles. The van der Waals surface area contributed by atoms with Crippen LogP contribution in [0, 0.1) is 0 Å². The number of pyridine rings is 1. The number of benzene rings is 2. The Morgan fingerprint density at radius 3 is 2.43 bits per heavy atom. The number of para-hydroxylation sites is 1. The van der Waals surface area contributed by atoms with Gasteiger partial charge in [-0.15, -0.1) is 0 Å². The summed E-state index contributed by atoms with van der Waals surface area (Å²) in [5.74, 6) is 0.570. The van der Waals surface area contributed by atoms with E-state index in [9.17, 15) is 4.79 Å². The fourth-order valence-electron chi connectivity index (χ4n) is 2.08. The monoisotopic (exact) mass is 304 g/mol. The van der Waals surface area contributed by atoms with Crippen LogP contribution < -0.4 is 10.1 Å². The zero-order valence-corrected chi connectivity index (χ0v) is 12.5. The topological polar surface area (TPSA) is 51.2 Å². The van der Waals surface area contributed by atoms with Gasteiger partial charge in [-0.25, -0.2) is 0 Å². The maximum atomic E-state index is 12.1. The van der Waals surface area contributed by atoms with Gasteiger partial charge in [0.05, 0.1) is 0 Å². The Labute approximate surface area is 134 Å². The average molecular weight is 304 g/mol. The van der Waals surface area contributed by atoms with E-state index in [2.05, 4.69) is 10.3 Å². The smallest absolute Gasteiger partial charge is 0.255 e. The molecular weight excluding hydrogens is 288 g/mol. The van der Waals surface area contributed by atoms with E-state index in [1.54, 1.807) is 36.7 Å². The molecule has 0 aliphatic carbocycles. The van der Waals surface area contributed by atoms with Gasteiger partial charge in [-0.2, -0.15) is 0 Å². The van der Waals surface area contributed by atoms with Crippen molar-refractivity contribution in [2.75, 3.05) is 5.32 Å². The van der Waals surface area contributed by atoms with Gasteiger partial charge in [-0.1, -0.05) is 24.3 Å². The van der Waals surface area contributed by atoms with E-state index < -0.39 is 0 Å². The van der Waals surface area contributed by atoms with Crippen LogP contribution in [0.5, 0.6) is 5.75 Å². The molecule has 0 saturated heterocycles. The average Bonchev–Trinajstić information content (AvgIpc) is 2.62. The van der Waals surface area contributed by atoms with Crippen LogP contribution in [0.15, 0.2) is 79.1 Å². The van der Waals surface area contributed by atoms with Crippen molar-refractivity contribution in [1.29, 1.82) is 0 Å². The molecule has 0 aliphatic heterocycles. The summed E-state index contributed by atoms with van der Waals surface area (Å²) in [4.78, 5) is 16.2. The molecule has 0 spiro atoms. The molecule has 3 rings (SSSR count). The number of nitrogens with zero attached hydrogens (tertiary/aromatic N) is 1. The number of amides is 1. The van der Waals surface area contributed by atoms with Gasteiger partial charge in [0.15, 0.2) is 0 Å². The third kappa shape index (κ3) is 4.17. The van der Waals surface area contributed by atoms with Gasteiger partial charge in [0, 0.05) is 29.2 Å². The van der Waals surface area contributed by atoms with Crippen molar-refractivity contribution in [2.24, 2.45) is 0 Å². The van der Waals surface area contributed by atoms with Crippen molar-refractivity contribution < 1.29 is 9.53 Å². The van der Waals surface area contributed by atoms with E-state index in [4.69, 9.17) is 4.74 Å². The van der Waals surface area contributed by atoms with Gasteiger partial charge in [0.25, 0.3) is 5.91 Å². The van der Waals surface area contributed by atoms with E-state index >= 15 is 0 Å². The maximum Gasteiger partial charge on any atom is 0.255 e. The molecule has 23 heavy (non-hydrogen) atoms. The fraction of sp³-hybridized carbons (Fsp3) is 0.0526. The molecule has 0 aliphatic rings. The van der Waals surface area contributed by atoms with Crippen molar-refractivity contribution in [1.82, 2.24) is 4.98 Å². The zero-order chi connectivity index (χ0) is 15.9. The molecule has 0 radical (unpaired) electrons. The molecular formula is C19H16N2O2. The largest absolute Gasteiger partial charge is 0.489 e. The van der Waals surface area contributed by atoms with E-state index in [-0.39, 0.29) is 5.91 Å². The minimum atomic E-state index is -0.144. The maximum absolute atomic E-state index is 12.1. The van der Waals surface area contributed by atoms with Gasteiger partial charge in [0.1, 0.15) is 12.4 Å². The highest BCUT2D eigenvalue weighted by Crippen LogP contribution is 2.15. The number of ether oxygens (including phenoxy) is 1. The number of aromatic nitrogens is 1. The Hall–Kier alpha value is -3.14. The molecule has 1 N–H and O–H groups in total. The second kappa shape index (κ2) is 7.22. The Kier molecular flexibility index (Phi) is 4.64. The van der Waals surface area contributed by atoms with Gasteiger partial charge in [0.2, 0.25) is 0 Å². The molecule has 4 nitrogen and oxygen atoms in total. The Morgan fingerprint density at radius 1 is 0.957 bits per heavy atom. The Bertz CT molecular complexity index is 756. The van der Waals surface area contributed by atoms with Crippen molar-refractivity contribution in [3.05, 3.63) is 90.3 Å². The summed E-state index contributed by atoms with van der Waals surface area (Å²) >= 11 is 0. The number of hydrogen-bond donors (Lipinski definition) is 1.